The lowest BCUT2D eigenvalue weighted by Gasteiger charge is -2.18. The molecule has 0 aliphatic carbocycles. The number of rotatable bonds is 4. The van der Waals surface area contributed by atoms with E-state index < -0.39 is 0 Å². The first-order chi connectivity index (χ1) is 11.1. The highest BCUT2D eigenvalue weighted by Crippen LogP contribution is 2.28. The Kier molecular flexibility index (Phi) is 4.48. The lowest BCUT2D eigenvalue weighted by Crippen LogP contribution is -2.26. The molecule has 0 fully saturated rings. The average Bonchev–Trinajstić information content (AvgIpc) is 2.52. The molecular weight excluding hydrogens is 316 g/mol. The van der Waals surface area contributed by atoms with Gasteiger partial charge in [0.05, 0.1) is 12.1 Å². The van der Waals surface area contributed by atoms with Crippen molar-refractivity contribution in [2.45, 2.75) is 13.0 Å². The minimum Gasteiger partial charge on any atom is -0.482 e. The van der Waals surface area contributed by atoms with E-state index in [1.165, 1.54) is 0 Å². The molecule has 0 spiro atoms. The number of amides is 2. The quantitative estimate of drug-likeness (QED) is 0.905. The third-order valence-electron chi connectivity index (χ3n) is 3.42. The summed E-state index contributed by atoms with van der Waals surface area (Å²) in [6, 6.07) is 12.7. The summed E-state index contributed by atoms with van der Waals surface area (Å²) in [5.74, 6) is 0.364. The Morgan fingerprint density at radius 1 is 1.22 bits per heavy atom. The first-order valence-electron chi connectivity index (χ1n) is 7.17. The Morgan fingerprint density at radius 3 is 2.91 bits per heavy atom. The van der Waals surface area contributed by atoms with Crippen LogP contribution in [-0.4, -0.2) is 18.4 Å². The average molecular weight is 331 g/mol. The van der Waals surface area contributed by atoms with Crippen LogP contribution in [0.1, 0.15) is 11.1 Å². The van der Waals surface area contributed by atoms with Crippen LogP contribution in [0.3, 0.4) is 0 Å². The SMILES string of the molecule is O=C(Cc1cccc(Cl)c1)NCc1ccc2c(c1)NC(=O)CO2. The number of fused-ring (bicyclic) bond motifs is 1. The molecule has 0 bridgehead atoms. The van der Waals surface area contributed by atoms with Crippen molar-refractivity contribution in [2.75, 3.05) is 11.9 Å². The van der Waals surface area contributed by atoms with Crippen LogP contribution in [0.5, 0.6) is 5.75 Å². The van der Waals surface area contributed by atoms with E-state index in [2.05, 4.69) is 10.6 Å². The van der Waals surface area contributed by atoms with Gasteiger partial charge in [-0.15, -0.1) is 0 Å². The van der Waals surface area contributed by atoms with Gasteiger partial charge < -0.3 is 15.4 Å². The fourth-order valence-electron chi connectivity index (χ4n) is 2.34. The summed E-state index contributed by atoms with van der Waals surface area (Å²) in [6.07, 6.45) is 0.269. The van der Waals surface area contributed by atoms with E-state index in [0.717, 1.165) is 11.1 Å². The first kappa shape index (κ1) is 15.4. The molecule has 23 heavy (non-hydrogen) atoms. The number of hydrogen-bond acceptors (Lipinski definition) is 3. The maximum Gasteiger partial charge on any atom is 0.262 e. The second-order valence-corrected chi connectivity index (χ2v) is 5.69. The fraction of sp³-hybridized carbons (Fsp3) is 0.176. The van der Waals surface area contributed by atoms with Crippen molar-refractivity contribution in [1.29, 1.82) is 0 Å². The molecule has 0 radical (unpaired) electrons. The van der Waals surface area contributed by atoms with Crippen molar-refractivity contribution in [1.82, 2.24) is 5.32 Å². The van der Waals surface area contributed by atoms with Gasteiger partial charge in [-0.3, -0.25) is 9.59 Å². The van der Waals surface area contributed by atoms with E-state index in [-0.39, 0.29) is 24.8 Å². The van der Waals surface area contributed by atoms with Crippen LogP contribution in [0.2, 0.25) is 5.02 Å². The Labute approximate surface area is 138 Å². The van der Waals surface area contributed by atoms with Gasteiger partial charge in [0.2, 0.25) is 5.91 Å². The summed E-state index contributed by atoms with van der Waals surface area (Å²) in [5.41, 5.74) is 2.37. The van der Waals surface area contributed by atoms with Crippen LogP contribution in [0.4, 0.5) is 5.69 Å². The molecule has 0 unspecified atom stereocenters. The van der Waals surface area contributed by atoms with E-state index in [4.69, 9.17) is 16.3 Å². The molecular formula is C17H15ClN2O3. The lowest BCUT2D eigenvalue weighted by molar-refractivity contribution is -0.120. The first-order valence-corrected chi connectivity index (χ1v) is 7.55. The van der Waals surface area contributed by atoms with E-state index in [9.17, 15) is 9.59 Å². The highest BCUT2D eigenvalue weighted by Gasteiger charge is 2.16. The Morgan fingerprint density at radius 2 is 2.09 bits per heavy atom. The predicted octanol–water partition coefficient (Wildman–Crippen LogP) is 2.53. The van der Waals surface area contributed by atoms with Crippen LogP contribution in [0, 0.1) is 0 Å². The molecule has 0 atom stereocenters. The zero-order chi connectivity index (χ0) is 16.2. The Balaban J connectivity index is 1.59. The Bertz CT molecular complexity index is 761. The van der Waals surface area contributed by atoms with E-state index in [0.29, 0.717) is 23.0 Å². The smallest absolute Gasteiger partial charge is 0.262 e. The zero-order valence-corrected chi connectivity index (χ0v) is 13.0. The number of nitrogens with one attached hydrogen (secondary N) is 2. The predicted molar refractivity (Wildman–Crippen MR) is 87.6 cm³/mol. The summed E-state index contributed by atoms with van der Waals surface area (Å²) in [6.45, 7) is 0.408. The number of ether oxygens (including phenoxy) is 1. The maximum absolute atomic E-state index is 12.0. The third-order valence-corrected chi connectivity index (χ3v) is 3.66. The molecule has 3 rings (SSSR count). The van der Waals surface area contributed by atoms with Crippen molar-refractivity contribution in [3.05, 3.63) is 58.6 Å². The number of hydrogen-bond donors (Lipinski definition) is 2. The van der Waals surface area contributed by atoms with Gasteiger partial charge in [0.1, 0.15) is 5.75 Å². The monoisotopic (exact) mass is 330 g/mol. The molecule has 0 aromatic heterocycles. The van der Waals surface area contributed by atoms with Gasteiger partial charge in [-0.2, -0.15) is 0 Å². The standard InChI is InChI=1S/C17H15ClN2O3/c18-13-3-1-2-11(6-13)8-16(21)19-9-12-4-5-15-14(7-12)20-17(22)10-23-15/h1-7H,8-10H2,(H,19,21)(H,20,22). The van der Waals surface area contributed by atoms with Crippen molar-refractivity contribution in [3.8, 4) is 5.75 Å². The van der Waals surface area contributed by atoms with Gasteiger partial charge in [-0.1, -0.05) is 29.8 Å². The summed E-state index contributed by atoms with van der Waals surface area (Å²) in [4.78, 5) is 23.3. The van der Waals surface area contributed by atoms with Crippen LogP contribution in [0.25, 0.3) is 0 Å². The molecule has 5 nitrogen and oxygen atoms in total. The molecule has 0 saturated carbocycles. The molecule has 2 aromatic rings. The van der Waals surface area contributed by atoms with Crippen LogP contribution in [0.15, 0.2) is 42.5 Å². The minimum atomic E-state index is -0.181. The molecule has 0 saturated heterocycles. The van der Waals surface area contributed by atoms with Crippen LogP contribution in [-0.2, 0) is 22.6 Å². The van der Waals surface area contributed by atoms with Crippen molar-refractivity contribution < 1.29 is 14.3 Å². The van der Waals surface area contributed by atoms with Crippen LogP contribution >= 0.6 is 11.6 Å². The number of halogens is 1. The highest BCUT2D eigenvalue weighted by molar-refractivity contribution is 6.30. The molecule has 1 aliphatic rings. The lowest BCUT2D eigenvalue weighted by atomic mass is 10.1. The molecule has 2 amide bonds. The topological polar surface area (TPSA) is 67.4 Å². The minimum absolute atomic E-state index is 0.0305. The molecule has 118 valence electrons. The van der Waals surface area contributed by atoms with Gasteiger partial charge in [-0.05, 0) is 35.4 Å². The second-order valence-electron chi connectivity index (χ2n) is 5.25. The maximum atomic E-state index is 12.0. The van der Waals surface area contributed by atoms with Gasteiger partial charge in [0.15, 0.2) is 6.61 Å². The van der Waals surface area contributed by atoms with E-state index in [1.807, 2.05) is 18.2 Å². The number of benzene rings is 2. The van der Waals surface area contributed by atoms with Gasteiger partial charge in [0.25, 0.3) is 5.91 Å². The number of carbonyl (C=O) groups excluding carboxylic acids is 2. The fourth-order valence-corrected chi connectivity index (χ4v) is 2.55. The zero-order valence-electron chi connectivity index (χ0n) is 12.3. The number of carbonyl (C=O) groups is 2. The number of anilines is 1. The summed E-state index contributed by atoms with van der Waals surface area (Å²) >= 11 is 5.90. The van der Waals surface area contributed by atoms with Gasteiger partial charge >= 0.3 is 0 Å². The van der Waals surface area contributed by atoms with E-state index in [1.54, 1.807) is 24.3 Å². The largest absolute Gasteiger partial charge is 0.482 e. The Hall–Kier alpha value is -2.53. The van der Waals surface area contributed by atoms with Crippen LogP contribution < -0.4 is 15.4 Å². The molecule has 2 N–H and O–H groups in total. The van der Waals surface area contributed by atoms with Crippen molar-refractivity contribution in [3.63, 3.8) is 0 Å². The molecule has 1 heterocycles. The molecule has 6 heteroatoms. The highest BCUT2D eigenvalue weighted by atomic mass is 35.5. The summed E-state index contributed by atoms with van der Waals surface area (Å²) in [5, 5.41) is 6.20. The normalized spacial score (nSPS) is 12.8. The van der Waals surface area contributed by atoms with Gasteiger partial charge in [0, 0.05) is 11.6 Å². The van der Waals surface area contributed by atoms with E-state index >= 15 is 0 Å². The van der Waals surface area contributed by atoms with Crippen molar-refractivity contribution in [2.24, 2.45) is 0 Å². The third kappa shape index (κ3) is 4.02. The summed E-state index contributed by atoms with van der Waals surface area (Å²) in [7, 11) is 0. The summed E-state index contributed by atoms with van der Waals surface area (Å²) < 4.78 is 5.29. The molecule has 1 aliphatic heterocycles. The molecule has 2 aromatic carbocycles. The van der Waals surface area contributed by atoms with Crippen molar-refractivity contribution >= 4 is 29.1 Å². The second kappa shape index (κ2) is 6.71. The van der Waals surface area contributed by atoms with Gasteiger partial charge in [-0.25, -0.2) is 0 Å².